The molecule has 2 aromatic rings. The number of furan rings is 1. The van der Waals surface area contributed by atoms with Gasteiger partial charge in [-0.15, -0.1) is 11.3 Å². The zero-order valence-electron chi connectivity index (χ0n) is 8.68. The lowest BCUT2D eigenvalue weighted by Crippen LogP contribution is -1.88. The molecule has 0 radical (unpaired) electrons. The fourth-order valence-corrected chi connectivity index (χ4v) is 4.15. The Morgan fingerprint density at radius 1 is 1.38 bits per heavy atom. The summed E-state index contributed by atoms with van der Waals surface area (Å²) in [6.07, 6.45) is 0. The van der Waals surface area contributed by atoms with Crippen LogP contribution in [0.4, 0.5) is 0 Å². The SMILES string of the molecule is Cc1cc(C(Br)c2cc(Cl)c(Br)s2)c(C)o1. The second-order valence-corrected chi connectivity index (χ2v) is 7.23. The summed E-state index contributed by atoms with van der Waals surface area (Å²) in [4.78, 5) is 1.31. The average Bonchev–Trinajstić information content (AvgIpc) is 2.70. The molecule has 0 spiro atoms. The standard InChI is InChI=1S/C11H9Br2ClOS/c1-5-3-7(6(2)15-5)10(12)9-4-8(14)11(13)16-9/h3-4,10H,1-2H3. The molecule has 2 aromatic heterocycles. The van der Waals surface area contributed by atoms with E-state index in [1.165, 1.54) is 4.88 Å². The molecule has 0 saturated carbocycles. The maximum absolute atomic E-state index is 6.03. The molecule has 0 aliphatic carbocycles. The van der Waals surface area contributed by atoms with Crippen molar-refractivity contribution in [2.75, 3.05) is 0 Å². The van der Waals surface area contributed by atoms with E-state index in [-0.39, 0.29) is 4.83 Å². The smallest absolute Gasteiger partial charge is 0.105 e. The highest BCUT2D eigenvalue weighted by Gasteiger charge is 2.19. The van der Waals surface area contributed by atoms with E-state index in [1.54, 1.807) is 11.3 Å². The molecular weight excluding hydrogens is 375 g/mol. The van der Waals surface area contributed by atoms with Crippen LogP contribution in [0.2, 0.25) is 5.02 Å². The van der Waals surface area contributed by atoms with Crippen molar-refractivity contribution >= 4 is 54.8 Å². The van der Waals surface area contributed by atoms with Crippen LogP contribution in [0.1, 0.15) is 26.8 Å². The molecule has 0 amide bonds. The van der Waals surface area contributed by atoms with Crippen LogP contribution < -0.4 is 0 Å². The van der Waals surface area contributed by atoms with Crippen LogP contribution in [-0.4, -0.2) is 0 Å². The molecule has 2 heterocycles. The first-order valence-electron chi connectivity index (χ1n) is 4.64. The number of rotatable bonds is 2. The minimum atomic E-state index is 0.138. The van der Waals surface area contributed by atoms with Gasteiger partial charge in [0, 0.05) is 10.4 Å². The number of alkyl halides is 1. The topological polar surface area (TPSA) is 13.1 Å². The number of thiophene rings is 1. The molecule has 0 N–H and O–H groups in total. The van der Waals surface area contributed by atoms with Gasteiger partial charge in [-0.3, -0.25) is 0 Å². The van der Waals surface area contributed by atoms with Crippen molar-refractivity contribution in [3.63, 3.8) is 0 Å². The van der Waals surface area contributed by atoms with Gasteiger partial charge >= 0.3 is 0 Å². The molecule has 86 valence electrons. The number of hydrogen-bond donors (Lipinski definition) is 0. The molecule has 5 heteroatoms. The molecule has 2 rings (SSSR count). The molecule has 0 fully saturated rings. The van der Waals surface area contributed by atoms with Crippen molar-refractivity contribution in [2.45, 2.75) is 18.7 Å². The molecule has 0 aliphatic rings. The highest BCUT2D eigenvalue weighted by Crippen LogP contribution is 2.42. The second kappa shape index (κ2) is 4.84. The monoisotopic (exact) mass is 382 g/mol. The van der Waals surface area contributed by atoms with Crippen LogP contribution in [0.5, 0.6) is 0 Å². The lowest BCUT2D eigenvalue weighted by Gasteiger charge is -2.05. The summed E-state index contributed by atoms with van der Waals surface area (Å²) in [5.74, 6) is 1.87. The quantitative estimate of drug-likeness (QED) is 0.591. The van der Waals surface area contributed by atoms with Crippen LogP contribution in [0, 0.1) is 13.8 Å². The second-order valence-electron chi connectivity index (χ2n) is 3.50. The third-order valence-corrected chi connectivity index (χ3v) is 6.10. The minimum absolute atomic E-state index is 0.138. The van der Waals surface area contributed by atoms with Crippen LogP contribution in [0.3, 0.4) is 0 Å². The van der Waals surface area contributed by atoms with Crippen LogP contribution in [0.15, 0.2) is 20.3 Å². The van der Waals surface area contributed by atoms with Gasteiger partial charge < -0.3 is 4.42 Å². The van der Waals surface area contributed by atoms with Gasteiger partial charge in [0.2, 0.25) is 0 Å². The van der Waals surface area contributed by atoms with Crippen molar-refractivity contribution in [3.8, 4) is 0 Å². The number of halogens is 3. The van der Waals surface area contributed by atoms with E-state index >= 15 is 0 Å². The van der Waals surface area contributed by atoms with E-state index in [0.29, 0.717) is 0 Å². The largest absolute Gasteiger partial charge is 0.466 e. The zero-order valence-corrected chi connectivity index (χ0v) is 13.4. The molecule has 16 heavy (non-hydrogen) atoms. The lowest BCUT2D eigenvalue weighted by atomic mass is 10.1. The van der Waals surface area contributed by atoms with Gasteiger partial charge in [0.25, 0.3) is 0 Å². The molecule has 1 unspecified atom stereocenters. The fraction of sp³-hybridized carbons (Fsp3) is 0.273. The van der Waals surface area contributed by atoms with Gasteiger partial charge in [-0.1, -0.05) is 27.5 Å². The Hall–Kier alpha value is 0.230. The molecule has 0 aromatic carbocycles. The summed E-state index contributed by atoms with van der Waals surface area (Å²) in [6, 6.07) is 4.02. The summed E-state index contributed by atoms with van der Waals surface area (Å²) < 4.78 is 6.49. The van der Waals surface area contributed by atoms with E-state index in [4.69, 9.17) is 16.0 Å². The Balaban J connectivity index is 2.38. The maximum Gasteiger partial charge on any atom is 0.105 e. The van der Waals surface area contributed by atoms with E-state index in [2.05, 4.69) is 37.9 Å². The summed E-state index contributed by atoms with van der Waals surface area (Å²) in [7, 11) is 0. The number of hydrogen-bond acceptors (Lipinski definition) is 2. The Bertz CT molecular complexity index is 499. The Morgan fingerprint density at radius 2 is 2.06 bits per heavy atom. The van der Waals surface area contributed by atoms with Gasteiger partial charge in [0.05, 0.1) is 13.6 Å². The molecule has 0 aliphatic heterocycles. The zero-order chi connectivity index (χ0) is 11.9. The van der Waals surface area contributed by atoms with Gasteiger partial charge in [-0.2, -0.15) is 0 Å². The molecular formula is C11H9Br2ClOS. The predicted octanol–water partition coefficient (Wildman–Crippen LogP) is 5.86. The normalized spacial score (nSPS) is 13.1. The fourth-order valence-electron chi connectivity index (χ4n) is 1.54. The van der Waals surface area contributed by atoms with E-state index < -0.39 is 0 Å². The van der Waals surface area contributed by atoms with Crippen LogP contribution in [-0.2, 0) is 0 Å². The van der Waals surface area contributed by atoms with Crippen molar-refractivity contribution in [1.29, 1.82) is 0 Å². The van der Waals surface area contributed by atoms with Crippen LogP contribution >= 0.6 is 54.8 Å². The molecule has 0 saturated heterocycles. The summed E-state index contributed by atoms with van der Waals surface area (Å²) in [5, 5.41) is 0.752. The minimum Gasteiger partial charge on any atom is -0.466 e. The third kappa shape index (κ3) is 2.40. The number of aryl methyl sites for hydroxylation is 2. The van der Waals surface area contributed by atoms with E-state index in [1.807, 2.05) is 19.9 Å². The van der Waals surface area contributed by atoms with Crippen molar-refractivity contribution in [1.82, 2.24) is 0 Å². The van der Waals surface area contributed by atoms with Crippen molar-refractivity contribution in [3.05, 3.63) is 42.9 Å². The Labute approximate surface area is 120 Å². The third-order valence-electron chi connectivity index (χ3n) is 2.27. The van der Waals surface area contributed by atoms with Crippen molar-refractivity contribution in [2.24, 2.45) is 0 Å². The first-order valence-corrected chi connectivity index (χ1v) is 7.55. The van der Waals surface area contributed by atoms with Crippen molar-refractivity contribution < 1.29 is 4.42 Å². The first-order chi connectivity index (χ1) is 7.49. The maximum atomic E-state index is 6.03. The molecule has 1 atom stereocenters. The predicted molar refractivity (Wildman–Crippen MR) is 76.0 cm³/mol. The van der Waals surface area contributed by atoms with Gasteiger partial charge in [0.1, 0.15) is 11.5 Å². The summed E-state index contributed by atoms with van der Waals surface area (Å²) in [6.45, 7) is 3.92. The molecule has 0 bridgehead atoms. The lowest BCUT2D eigenvalue weighted by molar-refractivity contribution is 0.502. The Kier molecular flexibility index (Phi) is 3.84. The highest BCUT2D eigenvalue weighted by atomic mass is 79.9. The average molecular weight is 385 g/mol. The van der Waals surface area contributed by atoms with Gasteiger partial charge in [-0.25, -0.2) is 0 Å². The Morgan fingerprint density at radius 3 is 2.50 bits per heavy atom. The van der Waals surface area contributed by atoms with E-state index in [0.717, 1.165) is 25.9 Å². The van der Waals surface area contributed by atoms with Gasteiger partial charge in [0.15, 0.2) is 0 Å². The van der Waals surface area contributed by atoms with E-state index in [9.17, 15) is 0 Å². The summed E-state index contributed by atoms with van der Waals surface area (Å²) in [5.41, 5.74) is 1.16. The van der Waals surface area contributed by atoms with Gasteiger partial charge in [-0.05, 0) is 41.9 Å². The van der Waals surface area contributed by atoms with Crippen LogP contribution in [0.25, 0.3) is 0 Å². The molecule has 1 nitrogen and oxygen atoms in total. The highest BCUT2D eigenvalue weighted by molar-refractivity contribution is 9.11. The first kappa shape index (κ1) is 12.7. The summed E-state index contributed by atoms with van der Waals surface area (Å²) >= 11 is 14.8.